The second-order valence-corrected chi connectivity index (χ2v) is 5.49. The van der Waals surface area contributed by atoms with E-state index in [1.165, 1.54) is 0 Å². The van der Waals surface area contributed by atoms with Crippen LogP contribution in [0.5, 0.6) is 0 Å². The van der Waals surface area contributed by atoms with Crippen molar-refractivity contribution in [2.45, 2.75) is 46.6 Å². The minimum absolute atomic E-state index is 0. The number of carbonyl (C=O) groups excluding carboxylic acids is 1. The van der Waals surface area contributed by atoms with Crippen molar-refractivity contribution in [2.75, 3.05) is 13.6 Å². The monoisotopic (exact) mass is 302 g/mol. The van der Waals surface area contributed by atoms with Crippen molar-refractivity contribution < 1.29 is 9.21 Å². The summed E-state index contributed by atoms with van der Waals surface area (Å²) in [5, 5.41) is 0. The van der Waals surface area contributed by atoms with E-state index in [1.54, 1.807) is 11.9 Å². The topological polar surface area (TPSA) is 59.5 Å². The van der Waals surface area contributed by atoms with Crippen LogP contribution >= 0.6 is 12.4 Å². The van der Waals surface area contributed by atoms with E-state index in [1.807, 2.05) is 19.9 Å². The third kappa shape index (κ3) is 4.84. The van der Waals surface area contributed by atoms with E-state index < -0.39 is 0 Å². The first-order valence-corrected chi connectivity index (χ1v) is 6.97. The molecule has 1 heterocycles. The number of halogens is 1. The largest absolute Gasteiger partial charge is 0.456 e. The van der Waals surface area contributed by atoms with Crippen LogP contribution in [-0.4, -0.2) is 30.4 Å². The van der Waals surface area contributed by atoms with E-state index in [4.69, 9.17) is 10.2 Å². The zero-order valence-electron chi connectivity index (χ0n) is 13.1. The van der Waals surface area contributed by atoms with Crippen LogP contribution in [-0.2, 0) is 6.42 Å². The average Bonchev–Trinajstić information content (AvgIpc) is 2.75. The summed E-state index contributed by atoms with van der Waals surface area (Å²) >= 11 is 0. The van der Waals surface area contributed by atoms with Crippen molar-refractivity contribution in [2.24, 2.45) is 11.7 Å². The molecule has 1 atom stereocenters. The van der Waals surface area contributed by atoms with Crippen LogP contribution in [0.15, 0.2) is 10.5 Å². The summed E-state index contributed by atoms with van der Waals surface area (Å²) in [5.41, 5.74) is 7.03. The van der Waals surface area contributed by atoms with Gasteiger partial charge in [0.25, 0.3) is 5.91 Å². The maximum atomic E-state index is 12.2. The molecule has 0 aromatic carbocycles. The Morgan fingerprint density at radius 3 is 2.50 bits per heavy atom. The van der Waals surface area contributed by atoms with Crippen LogP contribution in [0.25, 0.3) is 0 Å². The van der Waals surface area contributed by atoms with Gasteiger partial charge in [0.1, 0.15) is 5.76 Å². The van der Waals surface area contributed by atoms with Gasteiger partial charge in [0.05, 0.1) is 0 Å². The van der Waals surface area contributed by atoms with Crippen molar-refractivity contribution in [1.82, 2.24) is 4.90 Å². The van der Waals surface area contributed by atoms with E-state index in [-0.39, 0.29) is 24.4 Å². The average molecular weight is 303 g/mol. The second kappa shape index (κ2) is 8.32. The molecular formula is C15H27ClN2O2. The molecule has 0 saturated carbocycles. The molecule has 5 heteroatoms. The van der Waals surface area contributed by atoms with Gasteiger partial charge in [-0.05, 0) is 30.9 Å². The number of hydrogen-bond donors (Lipinski definition) is 1. The highest BCUT2D eigenvalue weighted by Crippen LogP contribution is 2.16. The zero-order valence-corrected chi connectivity index (χ0v) is 13.9. The lowest BCUT2D eigenvalue weighted by Gasteiger charge is -2.20. The SMILES string of the molecule is CCc1oc(C(=O)N(C)CCC(N)C(C)C)cc1C.Cl. The first kappa shape index (κ1) is 19.0. The number of hydrogen-bond acceptors (Lipinski definition) is 3. The Morgan fingerprint density at radius 2 is 2.05 bits per heavy atom. The van der Waals surface area contributed by atoms with Crippen LogP contribution < -0.4 is 5.73 Å². The normalized spacial score (nSPS) is 12.2. The van der Waals surface area contributed by atoms with Crippen molar-refractivity contribution in [1.29, 1.82) is 0 Å². The van der Waals surface area contributed by atoms with Gasteiger partial charge >= 0.3 is 0 Å². The standard InChI is InChI=1S/C15H26N2O2.ClH/c1-6-13-11(4)9-14(19-13)15(18)17(5)8-7-12(16)10(2)3;/h9-10,12H,6-8,16H2,1-5H3;1H. The predicted octanol–water partition coefficient (Wildman–Crippen LogP) is 3.02. The Hall–Kier alpha value is -1.00. The Bertz CT molecular complexity index is 430. The van der Waals surface area contributed by atoms with Gasteiger partial charge in [-0.3, -0.25) is 4.79 Å². The van der Waals surface area contributed by atoms with E-state index in [0.717, 1.165) is 24.2 Å². The highest BCUT2D eigenvalue weighted by molar-refractivity contribution is 5.91. The summed E-state index contributed by atoms with van der Waals surface area (Å²) in [7, 11) is 1.79. The number of nitrogens with two attached hydrogens (primary N) is 1. The molecule has 0 aliphatic heterocycles. The Labute approximate surface area is 128 Å². The van der Waals surface area contributed by atoms with Crippen LogP contribution in [0.4, 0.5) is 0 Å². The molecule has 4 nitrogen and oxygen atoms in total. The molecule has 20 heavy (non-hydrogen) atoms. The first-order valence-electron chi connectivity index (χ1n) is 6.97. The van der Waals surface area contributed by atoms with Gasteiger partial charge in [-0.2, -0.15) is 0 Å². The molecular weight excluding hydrogens is 276 g/mol. The van der Waals surface area contributed by atoms with Gasteiger partial charge in [0.2, 0.25) is 0 Å². The van der Waals surface area contributed by atoms with E-state index in [2.05, 4.69) is 13.8 Å². The van der Waals surface area contributed by atoms with Crippen LogP contribution in [0.3, 0.4) is 0 Å². The summed E-state index contributed by atoms with van der Waals surface area (Å²) in [6.45, 7) is 8.82. The summed E-state index contributed by atoms with van der Waals surface area (Å²) in [6, 6.07) is 1.94. The molecule has 2 N–H and O–H groups in total. The zero-order chi connectivity index (χ0) is 14.6. The summed E-state index contributed by atoms with van der Waals surface area (Å²) in [4.78, 5) is 13.9. The third-order valence-electron chi connectivity index (χ3n) is 3.55. The lowest BCUT2D eigenvalue weighted by molar-refractivity contribution is 0.0756. The van der Waals surface area contributed by atoms with E-state index in [0.29, 0.717) is 18.2 Å². The molecule has 1 aromatic rings. The van der Waals surface area contributed by atoms with Gasteiger partial charge in [-0.1, -0.05) is 20.8 Å². The van der Waals surface area contributed by atoms with Crippen LogP contribution in [0, 0.1) is 12.8 Å². The van der Waals surface area contributed by atoms with Crippen molar-refractivity contribution in [3.8, 4) is 0 Å². The number of furan rings is 1. The fourth-order valence-corrected chi connectivity index (χ4v) is 1.94. The fraction of sp³-hybridized carbons (Fsp3) is 0.667. The Kier molecular flexibility index (Phi) is 7.91. The molecule has 0 radical (unpaired) electrons. The van der Waals surface area contributed by atoms with Crippen molar-refractivity contribution in [3.05, 3.63) is 23.2 Å². The van der Waals surface area contributed by atoms with Crippen molar-refractivity contribution >= 4 is 18.3 Å². The van der Waals surface area contributed by atoms with Gasteiger partial charge in [-0.15, -0.1) is 12.4 Å². The van der Waals surface area contributed by atoms with Crippen LogP contribution in [0.2, 0.25) is 0 Å². The fourth-order valence-electron chi connectivity index (χ4n) is 1.94. The minimum Gasteiger partial charge on any atom is -0.456 e. The molecule has 1 unspecified atom stereocenters. The molecule has 1 amide bonds. The molecule has 1 aromatic heterocycles. The van der Waals surface area contributed by atoms with Gasteiger partial charge < -0.3 is 15.1 Å². The summed E-state index contributed by atoms with van der Waals surface area (Å²) in [6.07, 6.45) is 1.61. The third-order valence-corrected chi connectivity index (χ3v) is 3.55. The molecule has 1 rings (SSSR count). The number of rotatable bonds is 6. The number of amides is 1. The predicted molar refractivity (Wildman–Crippen MR) is 84.5 cm³/mol. The highest BCUT2D eigenvalue weighted by Gasteiger charge is 2.18. The lowest BCUT2D eigenvalue weighted by Crippen LogP contribution is -2.34. The molecule has 0 spiro atoms. The summed E-state index contributed by atoms with van der Waals surface area (Å²) < 4.78 is 5.58. The molecule has 0 bridgehead atoms. The lowest BCUT2D eigenvalue weighted by atomic mass is 10.0. The number of aryl methyl sites for hydroxylation is 2. The van der Waals surface area contributed by atoms with Gasteiger partial charge in [0.15, 0.2) is 5.76 Å². The number of nitrogens with zero attached hydrogens (tertiary/aromatic N) is 1. The maximum absolute atomic E-state index is 12.2. The molecule has 116 valence electrons. The van der Waals surface area contributed by atoms with Crippen molar-refractivity contribution in [3.63, 3.8) is 0 Å². The highest BCUT2D eigenvalue weighted by atomic mass is 35.5. The Balaban J connectivity index is 0.00000361. The minimum atomic E-state index is -0.0706. The van der Waals surface area contributed by atoms with Crippen LogP contribution in [0.1, 0.15) is 49.1 Å². The van der Waals surface area contributed by atoms with E-state index >= 15 is 0 Å². The quantitative estimate of drug-likeness (QED) is 0.878. The molecule has 0 aliphatic carbocycles. The van der Waals surface area contributed by atoms with E-state index in [9.17, 15) is 4.79 Å². The van der Waals surface area contributed by atoms with Gasteiger partial charge in [-0.25, -0.2) is 0 Å². The Morgan fingerprint density at radius 1 is 1.45 bits per heavy atom. The number of carbonyl (C=O) groups is 1. The van der Waals surface area contributed by atoms with Gasteiger partial charge in [0, 0.05) is 26.1 Å². The maximum Gasteiger partial charge on any atom is 0.289 e. The molecule has 0 saturated heterocycles. The smallest absolute Gasteiger partial charge is 0.289 e. The summed E-state index contributed by atoms with van der Waals surface area (Å²) in [5.74, 6) is 1.67. The first-order chi connectivity index (χ1) is 8.86. The molecule has 0 fully saturated rings. The second-order valence-electron chi connectivity index (χ2n) is 5.49. The molecule has 0 aliphatic rings.